The molecule has 0 heterocycles. The van der Waals surface area contributed by atoms with E-state index in [1.54, 1.807) is 20.2 Å². The van der Waals surface area contributed by atoms with Gasteiger partial charge in [-0.3, -0.25) is 4.99 Å². The first-order valence-corrected chi connectivity index (χ1v) is 7.41. The number of hydrogen-bond acceptors (Lipinski definition) is 2. The van der Waals surface area contributed by atoms with Gasteiger partial charge in [-0.1, -0.05) is 24.3 Å². The Morgan fingerprint density at radius 3 is 2.46 bits per heavy atom. The van der Waals surface area contributed by atoms with Gasteiger partial charge in [0.15, 0.2) is 5.96 Å². The van der Waals surface area contributed by atoms with Gasteiger partial charge in [0.1, 0.15) is 11.6 Å². The minimum Gasteiger partial charge on any atom is -0.497 e. The Bertz CT molecular complexity index is 662. The quantitative estimate of drug-likeness (QED) is 0.436. The first-order valence-electron chi connectivity index (χ1n) is 7.41. The molecule has 0 aromatic heterocycles. The number of methoxy groups -OCH3 is 1. The third-order valence-electron chi connectivity index (χ3n) is 3.49. The molecular weight excluding hydrogens is 420 g/mol. The number of nitrogens with zero attached hydrogens (tertiary/aromatic N) is 2. The van der Waals surface area contributed by atoms with Gasteiger partial charge < -0.3 is 15.0 Å². The maximum atomic E-state index is 13.2. The van der Waals surface area contributed by atoms with Crippen LogP contribution in [0.4, 0.5) is 4.39 Å². The molecule has 24 heavy (non-hydrogen) atoms. The lowest BCUT2D eigenvalue weighted by Gasteiger charge is -2.22. The summed E-state index contributed by atoms with van der Waals surface area (Å²) in [6.45, 7) is 1.24. The van der Waals surface area contributed by atoms with E-state index in [0.717, 1.165) is 22.8 Å². The van der Waals surface area contributed by atoms with Crippen molar-refractivity contribution in [3.63, 3.8) is 0 Å². The first kappa shape index (κ1) is 20.2. The van der Waals surface area contributed by atoms with Crippen LogP contribution < -0.4 is 10.1 Å². The lowest BCUT2D eigenvalue weighted by Crippen LogP contribution is -2.38. The molecule has 0 atom stereocenters. The van der Waals surface area contributed by atoms with Crippen molar-refractivity contribution < 1.29 is 9.13 Å². The molecule has 0 aliphatic carbocycles. The highest BCUT2D eigenvalue weighted by atomic mass is 127. The predicted octanol–water partition coefficient (Wildman–Crippen LogP) is 3.66. The second-order valence-corrected chi connectivity index (χ2v) is 5.23. The molecule has 2 aromatic carbocycles. The van der Waals surface area contributed by atoms with Gasteiger partial charge in [0.25, 0.3) is 0 Å². The molecule has 2 rings (SSSR count). The van der Waals surface area contributed by atoms with Crippen molar-refractivity contribution in [2.75, 3.05) is 21.2 Å². The number of ether oxygens (including phenoxy) is 1. The summed E-state index contributed by atoms with van der Waals surface area (Å²) in [5.41, 5.74) is 2.03. The van der Waals surface area contributed by atoms with E-state index in [0.29, 0.717) is 13.1 Å². The molecule has 130 valence electrons. The maximum absolute atomic E-state index is 13.2. The second-order valence-electron chi connectivity index (χ2n) is 5.23. The van der Waals surface area contributed by atoms with Crippen molar-refractivity contribution in [3.05, 3.63) is 65.5 Å². The Hall–Kier alpha value is -1.83. The van der Waals surface area contributed by atoms with E-state index in [4.69, 9.17) is 4.74 Å². The number of guanidine groups is 1. The Morgan fingerprint density at radius 2 is 1.88 bits per heavy atom. The van der Waals surface area contributed by atoms with Crippen LogP contribution in [-0.4, -0.2) is 32.1 Å². The average Bonchev–Trinajstić information content (AvgIpc) is 2.56. The standard InChI is InChI=1S/C18H22FN3O.HI/c1-20-18(21-12-15-5-4-6-16(19)11-15)22(2)13-14-7-9-17(23-3)10-8-14;/h4-11H,12-13H2,1-3H3,(H,20,21);1H. The number of rotatable bonds is 5. The molecule has 0 aliphatic heterocycles. The van der Waals surface area contributed by atoms with E-state index in [-0.39, 0.29) is 29.8 Å². The molecule has 6 heteroatoms. The topological polar surface area (TPSA) is 36.9 Å². The SMILES string of the molecule is CN=C(NCc1cccc(F)c1)N(C)Cc1ccc(OC)cc1.I. The summed E-state index contributed by atoms with van der Waals surface area (Å²) in [6, 6.07) is 14.5. The van der Waals surface area contributed by atoms with Gasteiger partial charge in [-0.25, -0.2) is 4.39 Å². The first-order chi connectivity index (χ1) is 11.1. The number of benzene rings is 2. The van der Waals surface area contributed by atoms with E-state index in [1.165, 1.54) is 12.1 Å². The Labute approximate surface area is 159 Å². The van der Waals surface area contributed by atoms with E-state index in [2.05, 4.69) is 10.3 Å². The molecular formula is C18H23FIN3O. The van der Waals surface area contributed by atoms with Crippen LogP contribution in [0, 0.1) is 5.82 Å². The summed E-state index contributed by atoms with van der Waals surface area (Å²) < 4.78 is 18.4. The van der Waals surface area contributed by atoms with Crippen molar-refractivity contribution in [1.29, 1.82) is 0 Å². The molecule has 2 aromatic rings. The molecule has 0 bridgehead atoms. The van der Waals surface area contributed by atoms with E-state index in [1.807, 2.05) is 42.3 Å². The second kappa shape index (κ2) is 10.1. The number of hydrogen-bond donors (Lipinski definition) is 1. The summed E-state index contributed by atoms with van der Waals surface area (Å²) in [5.74, 6) is 1.36. The van der Waals surface area contributed by atoms with Crippen LogP contribution in [-0.2, 0) is 13.1 Å². The number of halogens is 2. The summed E-state index contributed by atoms with van der Waals surface area (Å²) in [6.07, 6.45) is 0. The van der Waals surface area contributed by atoms with Gasteiger partial charge >= 0.3 is 0 Å². The molecule has 0 unspecified atom stereocenters. The van der Waals surface area contributed by atoms with Crippen LogP contribution in [0.5, 0.6) is 5.75 Å². The van der Waals surface area contributed by atoms with Crippen molar-refractivity contribution in [2.24, 2.45) is 4.99 Å². The minimum atomic E-state index is -0.231. The number of nitrogens with one attached hydrogen (secondary N) is 1. The summed E-state index contributed by atoms with van der Waals surface area (Å²) in [7, 11) is 5.35. The summed E-state index contributed by atoms with van der Waals surface area (Å²) in [5, 5.41) is 3.24. The van der Waals surface area contributed by atoms with E-state index >= 15 is 0 Å². The van der Waals surface area contributed by atoms with E-state index < -0.39 is 0 Å². The van der Waals surface area contributed by atoms with Crippen molar-refractivity contribution in [1.82, 2.24) is 10.2 Å². The lowest BCUT2D eigenvalue weighted by molar-refractivity contribution is 0.414. The molecule has 1 N–H and O–H groups in total. The zero-order chi connectivity index (χ0) is 16.7. The van der Waals surface area contributed by atoms with Crippen LogP contribution in [0.25, 0.3) is 0 Å². The molecule has 4 nitrogen and oxygen atoms in total. The smallest absolute Gasteiger partial charge is 0.193 e. The third kappa shape index (κ3) is 5.99. The maximum Gasteiger partial charge on any atom is 0.193 e. The van der Waals surface area contributed by atoms with Crippen LogP contribution in [0.3, 0.4) is 0 Å². The molecule has 0 amide bonds. The molecule has 0 saturated carbocycles. The minimum absolute atomic E-state index is 0. The van der Waals surface area contributed by atoms with Crippen molar-refractivity contribution in [3.8, 4) is 5.75 Å². The van der Waals surface area contributed by atoms with Crippen LogP contribution in [0.1, 0.15) is 11.1 Å². The van der Waals surface area contributed by atoms with Crippen molar-refractivity contribution in [2.45, 2.75) is 13.1 Å². The average molecular weight is 443 g/mol. The fourth-order valence-electron chi connectivity index (χ4n) is 2.29. The largest absolute Gasteiger partial charge is 0.497 e. The summed E-state index contributed by atoms with van der Waals surface area (Å²) in [4.78, 5) is 6.28. The zero-order valence-corrected chi connectivity index (χ0v) is 16.5. The highest BCUT2D eigenvalue weighted by Crippen LogP contribution is 2.12. The van der Waals surface area contributed by atoms with Crippen molar-refractivity contribution >= 4 is 29.9 Å². The molecule has 0 aliphatic rings. The third-order valence-corrected chi connectivity index (χ3v) is 3.49. The van der Waals surface area contributed by atoms with Crippen LogP contribution in [0.2, 0.25) is 0 Å². The molecule has 0 saturated heterocycles. The van der Waals surface area contributed by atoms with Crippen LogP contribution in [0.15, 0.2) is 53.5 Å². The van der Waals surface area contributed by atoms with Gasteiger partial charge in [-0.2, -0.15) is 0 Å². The Balaban J connectivity index is 0.00000288. The normalized spacial score (nSPS) is 10.8. The monoisotopic (exact) mass is 443 g/mol. The molecule has 0 fully saturated rings. The van der Waals surface area contributed by atoms with Gasteiger partial charge in [-0.05, 0) is 35.4 Å². The fraction of sp³-hybridized carbons (Fsp3) is 0.278. The van der Waals surface area contributed by atoms with E-state index in [9.17, 15) is 4.39 Å². The highest BCUT2D eigenvalue weighted by molar-refractivity contribution is 14.0. The summed E-state index contributed by atoms with van der Waals surface area (Å²) >= 11 is 0. The molecule has 0 spiro atoms. The van der Waals surface area contributed by atoms with Gasteiger partial charge in [0, 0.05) is 27.2 Å². The fourth-order valence-corrected chi connectivity index (χ4v) is 2.29. The van der Waals surface area contributed by atoms with Gasteiger partial charge in [0.05, 0.1) is 7.11 Å². The number of aliphatic imine (C=N–C) groups is 1. The van der Waals surface area contributed by atoms with Gasteiger partial charge in [-0.15, -0.1) is 24.0 Å². The van der Waals surface area contributed by atoms with Gasteiger partial charge in [0.2, 0.25) is 0 Å². The molecule has 0 radical (unpaired) electrons. The highest BCUT2D eigenvalue weighted by Gasteiger charge is 2.07. The van der Waals surface area contributed by atoms with Crippen LogP contribution >= 0.6 is 24.0 Å². The predicted molar refractivity (Wildman–Crippen MR) is 106 cm³/mol. The zero-order valence-electron chi connectivity index (χ0n) is 14.1. The lowest BCUT2D eigenvalue weighted by atomic mass is 10.2. The Morgan fingerprint density at radius 1 is 1.17 bits per heavy atom. The Kier molecular flexibility index (Phi) is 8.53.